The molecule has 0 saturated heterocycles. The van der Waals surface area contributed by atoms with E-state index in [1.165, 1.54) is 0 Å². The number of fused-ring (bicyclic) bond motifs is 1. The first-order valence-corrected chi connectivity index (χ1v) is 7.22. The minimum absolute atomic E-state index is 0.213. The van der Waals surface area contributed by atoms with Crippen molar-refractivity contribution in [2.75, 3.05) is 12.4 Å². The molecular formula is C16H15ClN4O. The Morgan fingerprint density at radius 1 is 1.27 bits per heavy atom. The number of carbonyl (C=O) groups is 1. The van der Waals surface area contributed by atoms with Crippen LogP contribution in [0.5, 0.6) is 0 Å². The highest BCUT2D eigenvalue weighted by atomic mass is 35.5. The standard InChI is InChI=1S/C16H15ClN4O/c1-18-8-10-2-4-12(5-3-10)20-16(22)13-6-11(17)7-15-14(13)9-19-21-15/h2-7,9,18H,8H2,1H3,(H,19,21)(H,20,22). The number of benzene rings is 2. The normalized spacial score (nSPS) is 10.8. The van der Waals surface area contributed by atoms with Gasteiger partial charge in [-0.15, -0.1) is 0 Å². The lowest BCUT2D eigenvalue weighted by atomic mass is 10.1. The zero-order valence-electron chi connectivity index (χ0n) is 12.0. The maximum atomic E-state index is 12.5. The molecule has 0 fully saturated rings. The van der Waals surface area contributed by atoms with Crippen LogP contribution in [-0.4, -0.2) is 23.2 Å². The van der Waals surface area contributed by atoms with Crippen LogP contribution in [0.2, 0.25) is 5.02 Å². The predicted octanol–water partition coefficient (Wildman–Crippen LogP) is 3.19. The van der Waals surface area contributed by atoms with Gasteiger partial charge in [0.05, 0.1) is 17.3 Å². The fourth-order valence-corrected chi connectivity index (χ4v) is 2.53. The summed E-state index contributed by atoms with van der Waals surface area (Å²) in [4.78, 5) is 12.5. The third kappa shape index (κ3) is 2.95. The average molecular weight is 315 g/mol. The third-order valence-electron chi connectivity index (χ3n) is 3.36. The number of aromatic amines is 1. The molecule has 0 spiro atoms. The van der Waals surface area contributed by atoms with E-state index in [1.807, 2.05) is 31.3 Å². The van der Waals surface area contributed by atoms with E-state index in [0.29, 0.717) is 10.6 Å². The summed E-state index contributed by atoms with van der Waals surface area (Å²) in [6.07, 6.45) is 1.62. The quantitative estimate of drug-likeness (QED) is 0.692. The highest BCUT2D eigenvalue weighted by Crippen LogP contribution is 2.23. The number of nitrogens with zero attached hydrogens (tertiary/aromatic N) is 1. The third-order valence-corrected chi connectivity index (χ3v) is 3.58. The second kappa shape index (κ2) is 6.17. The van der Waals surface area contributed by atoms with Crippen LogP contribution in [0.25, 0.3) is 10.9 Å². The molecule has 0 bridgehead atoms. The van der Waals surface area contributed by atoms with Gasteiger partial charge in [-0.2, -0.15) is 5.10 Å². The minimum Gasteiger partial charge on any atom is -0.322 e. The molecule has 0 unspecified atom stereocenters. The Labute approximate surface area is 132 Å². The first kappa shape index (κ1) is 14.6. The maximum Gasteiger partial charge on any atom is 0.256 e. The zero-order chi connectivity index (χ0) is 15.5. The smallest absolute Gasteiger partial charge is 0.256 e. The van der Waals surface area contributed by atoms with Crippen molar-refractivity contribution in [3.8, 4) is 0 Å². The molecule has 0 radical (unpaired) electrons. The van der Waals surface area contributed by atoms with Gasteiger partial charge in [0, 0.05) is 22.6 Å². The molecule has 1 amide bonds. The summed E-state index contributed by atoms with van der Waals surface area (Å²) in [6.45, 7) is 0.790. The van der Waals surface area contributed by atoms with Gasteiger partial charge in [-0.1, -0.05) is 23.7 Å². The van der Waals surface area contributed by atoms with Gasteiger partial charge in [0.2, 0.25) is 0 Å². The Morgan fingerprint density at radius 2 is 2.05 bits per heavy atom. The molecule has 3 aromatic rings. The molecule has 0 aliphatic heterocycles. The first-order chi connectivity index (χ1) is 10.7. The van der Waals surface area contributed by atoms with Crippen molar-refractivity contribution in [1.82, 2.24) is 15.5 Å². The molecule has 1 aromatic heterocycles. The number of aromatic nitrogens is 2. The number of amides is 1. The largest absolute Gasteiger partial charge is 0.322 e. The molecule has 0 saturated carbocycles. The molecule has 0 atom stereocenters. The Balaban J connectivity index is 1.85. The van der Waals surface area contributed by atoms with Crippen LogP contribution in [0.1, 0.15) is 15.9 Å². The van der Waals surface area contributed by atoms with Crippen LogP contribution in [-0.2, 0) is 6.54 Å². The van der Waals surface area contributed by atoms with E-state index in [2.05, 4.69) is 20.8 Å². The van der Waals surface area contributed by atoms with Gasteiger partial charge >= 0.3 is 0 Å². The molecule has 6 heteroatoms. The Morgan fingerprint density at radius 3 is 2.77 bits per heavy atom. The molecule has 2 aromatic carbocycles. The van der Waals surface area contributed by atoms with Crippen molar-refractivity contribution in [3.63, 3.8) is 0 Å². The van der Waals surface area contributed by atoms with Crippen molar-refractivity contribution in [2.24, 2.45) is 0 Å². The molecule has 3 N–H and O–H groups in total. The summed E-state index contributed by atoms with van der Waals surface area (Å²) in [5, 5.41) is 14.0. The Kier molecular flexibility index (Phi) is 4.09. The highest BCUT2D eigenvalue weighted by molar-refractivity contribution is 6.32. The van der Waals surface area contributed by atoms with E-state index in [0.717, 1.165) is 28.7 Å². The number of carbonyl (C=O) groups excluding carboxylic acids is 1. The highest BCUT2D eigenvalue weighted by Gasteiger charge is 2.13. The van der Waals surface area contributed by atoms with Gasteiger partial charge in [-0.25, -0.2) is 0 Å². The van der Waals surface area contributed by atoms with E-state index in [4.69, 9.17) is 11.6 Å². The number of hydrogen-bond acceptors (Lipinski definition) is 3. The molecule has 22 heavy (non-hydrogen) atoms. The van der Waals surface area contributed by atoms with Crippen LogP contribution in [0.3, 0.4) is 0 Å². The maximum absolute atomic E-state index is 12.5. The number of anilines is 1. The number of rotatable bonds is 4. The predicted molar refractivity (Wildman–Crippen MR) is 88.3 cm³/mol. The van der Waals surface area contributed by atoms with Crippen LogP contribution in [0, 0.1) is 0 Å². The number of H-pyrrole nitrogens is 1. The van der Waals surface area contributed by atoms with Gasteiger partial charge < -0.3 is 10.6 Å². The lowest BCUT2D eigenvalue weighted by Crippen LogP contribution is -2.12. The molecule has 0 aliphatic rings. The van der Waals surface area contributed by atoms with Crippen LogP contribution >= 0.6 is 11.6 Å². The van der Waals surface area contributed by atoms with Gasteiger partial charge in [-0.3, -0.25) is 9.89 Å². The molecule has 112 valence electrons. The van der Waals surface area contributed by atoms with Crippen molar-refractivity contribution < 1.29 is 4.79 Å². The number of nitrogens with one attached hydrogen (secondary N) is 3. The molecule has 0 aliphatic carbocycles. The minimum atomic E-state index is -0.213. The fraction of sp³-hybridized carbons (Fsp3) is 0.125. The van der Waals surface area contributed by atoms with Crippen LogP contribution < -0.4 is 10.6 Å². The van der Waals surface area contributed by atoms with Crippen LogP contribution in [0.4, 0.5) is 5.69 Å². The van der Waals surface area contributed by atoms with Gasteiger partial charge in [-0.05, 0) is 36.9 Å². The van der Waals surface area contributed by atoms with E-state index in [1.54, 1.807) is 18.3 Å². The van der Waals surface area contributed by atoms with Crippen molar-refractivity contribution in [2.45, 2.75) is 6.54 Å². The summed E-state index contributed by atoms with van der Waals surface area (Å²) in [5.74, 6) is -0.213. The van der Waals surface area contributed by atoms with Gasteiger partial charge in [0.25, 0.3) is 5.91 Å². The molecular weight excluding hydrogens is 300 g/mol. The Bertz CT molecular complexity index is 811. The lowest BCUT2D eigenvalue weighted by molar-refractivity contribution is 0.102. The average Bonchev–Trinajstić information content (AvgIpc) is 2.96. The van der Waals surface area contributed by atoms with Crippen molar-refractivity contribution >= 4 is 34.1 Å². The van der Waals surface area contributed by atoms with Crippen molar-refractivity contribution in [1.29, 1.82) is 0 Å². The second-order valence-corrected chi connectivity index (χ2v) is 5.40. The van der Waals surface area contributed by atoms with E-state index in [-0.39, 0.29) is 5.91 Å². The SMILES string of the molecule is CNCc1ccc(NC(=O)c2cc(Cl)cc3[nH]ncc23)cc1. The summed E-state index contributed by atoms with van der Waals surface area (Å²) < 4.78 is 0. The topological polar surface area (TPSA) is 69.8 Å². The molecule has 1 heterocycles. The first-order valence-electron chi connectivity index (χ1n) is 6.85. The summed E-state index contributed by atoms with van der Waals surface area (Å²) in [6, 6.07) is 11.1. The molecule has 3 rings (SSSR count). The van der Waals surface area contributed by atoms with Gasteiger partial charge in [0.15, 0.2) is 0 Å². The summed E-state index contributed by atoms with van der Waals surface area (Å²) in [7, 11) is 1.89. The van der Waals surface area contributed by atoms with E-state index >= 15 is 0 Å². The van der Waals surface area contributed by atoms with E-state index in [9.17, 15) is 4.79 Å². The summed E-state index contributed by atoms with van der Waals surface area (Å²) in [5.41, 5.74) is 3.12. The molecule has 5 nitrogen and oxygen atoms in total. The summed E-state index contributed by atoms with van der Waals surface area (Å²) >= 11 is 6.05. The fourth-order valence-electron chi connectivity index (χ4n) is 2.31. The van der Waals surface area contributed by atoms with Crippen LogP contribution in [0.15, 0.2) is 42.6 Å². The van der Waals surface area contributed by atoms with Crippen molar-refractivity contribution in [3.05, 3.63) is 58.7 Å². The number of hydrogen-bond donors (Lipinski definition) is 3. The Hall–Kier alpha value is -2.37. The lowest BCUT2D eigenvalue weighted by Gasteiger charge is -2.08. The monoisotopic (exact) mass is 314 g/mol. The zero-order valence-corrected chi connectivity index (χ0v) is 12.7. The second-order valence-electron chi connectivity index (χ2n) is 4.97. The van der Waals surface area contributed by atoms with Gasteiger partial charge in [0.1, 0.15) is 0 Å². The number of halogens is 1. The van der Waals surface area contributed by atoms with E-state index < -0.39 is 0 Å².